The highest BCUT2D eigenvalue weighted by Gasteiger charge is 2.16. The summed E-state index contributed by atoms with van der Waals surface area (Å²) in [5.74, 6) is -0.271. The number of aromatic nitrogens is 1. The van der Waals surface area contributed by atoms with Crippen LogP contribution in [0.4, 0.5) is 4.39 Å². The summed E-state index contributed by atoms with van der Waals surface area (Å²) in [7, 11) is -3.30. The highest BCUT2D eigenvalue weighted by molar-refractivity contribution is 7.90. The van der Waals surface area contributed by atoms with Crippen LogP contribution in [0.15, 0.2) is 59.8 Å². The van der Waals surface area contributed by atoms with Gasteiger partial charge in [-0.2, -0.15) is 0 Å². The van der Waals surface area contributed by atoms with Crippen molar-refractivity contribution in [3.63, 3.8) is 0 Å². The minimum absolute atomic E-state index is 0.0576. The van der Waals surface area contributed by atoms with Gasteiger partial charge in [-0.3, -0.25) is 0 Å². The predicted octanol–water partition coefficient (Wildman–Crippen LogP) is 3.49. The summed E-state index contributed by atoms with van der Waals surface area (Å²) in [6.45, 7) is 0. The van der Waals surface area contributed by atoms with Gasteiger partial charge in [-0.1, -0.05) is 24.3 Å². The van der Waals surface area contributed by atoms with Gasteiger partial charge in [0.2, 0.25) is 0 Å². The molecule has 0 radical (unpaired) electrons. The molecule has 5 heteroatoms. The second kappa shape index (κ2) is 5.50. The van der Waals surface area contributed by atoms with E-state index in [-0.39, 0.29) is 10.8 Å². The van der Waals surface area contributed by atoms with Crippen LogP contribution in [-0.2, 0) is 9.84 Å². The lowest BCUT2D eigenvalue weighted by Gasteiger charge is -2.10. The van der Waals surface area contributed by atoms with Crippen LogP contribution in [-0.4, -0.2) is 19.7 Å². The zero-order valence-electron chi connectivity index (χ0n) is 12.0. The third-order valence-corrected chi connectivity index (χ3v) is 4.52. The van der Waals surface area contributed by atoms with E-state index in [1.54, 1.807) is 24.4 Å². The van der Waals surface area contributed by atoms with Crippen LogP contribution in [0.5, 0.6) is 0 Å². The van der Waals surface area contributed by atoms with Gasteiger partial charge in [0.25, 0.3) is 0 Å². The van der Waals surface area contributed by atoms with Crippen molar-refractivity contribution >= 4 is 21.0 Å². The summed E-state index contributed by atoms with van der Waals surface area (Å²) in [4.78, 5) is 4.02. The van der Waals surface area contributed by atoms with Crippen LogP contribution in [0, 0.1) is 5.82 Å². The molecule has 1 aliphatic carbocycles. The molecule has 3 rings (SSSR count). The van der Waals surface area contributed by atoms with E-state index in [1.807, 2.05) is 0 Å². The number of halogens is 1. The molecule has 112 valence electrons. The molecule has 2 aromatic rings. The summed E-state index contributed by atoms with van der Waals surface area (Å²) in [5.41, 5.74) is 3.77. The highest BCUT2D eigenvalue weighted by Crippen LogP contribution is 2.36. The first kappa shape index (κ1) is 14.7. The highest BCUT2D eigenvalue weighted by atomic mass is 32.2. The fraction of sp³-hybridized carbons (Fsp3) is 0.118. The summed E-state index contributed by atoms with van der Waals surface area (Å²) >= 11 is 0. The van der Waals surface area contributed by atoms with E-state index in [1.165, 1.54) is 18.2 Å². The molecule has 22 heavy (non-hydrogen) atoms. The molecule has 0 saturated carbocycles. The Hall–Kier alpha value is -2.27. The molecular weight excluding hydrogens is 301 g/mol. The zero-order chi connectivity index (χ0) is 15.7. The number of pyridine rings is 1. The van der Waals surface area contributed by atoms with E-state index in [0.717, 1.165) is 34.9 Å². The SMILES string of the molecule is CS(=O)(=O)c1ccc(C2=CCC=C2c2ccc(F)cc2)cn1. The Bertz CT molecular complexity index is 864. The molecule has 0 amide bonds. The van der Waals surface area contributed by atoms with Gasteiger partial charge in [0.05, 0.1) is 0 Å². The summed E-state index contributed by atoms with van der Waals surface area (Å²) in [6, 6.07) is 9.58. The summed E-state index contributed by atoms with van der Waals surface area (Å²) in [6.07, 6.45) is 7.59. The van der Waals surface area contributed by atoms with Gasteiger partial charge in [-0.15, -0.1) is 0 Å². The number of benzene rings is 1. The van der Waals surface area contributed by atoms with Crippen molar-refractivity contribution in [1.29, 1.82) is 0 Å². The molecule has 0 N–H and O–H groups in total. The summed E-state index contributed by atoms with van der Waals surface area (Å²) < 4.78 is 36.0. The van der Waals surface area contributed by atoms with Gasteiger partial charge in [0.15, 0.2) is 14.9 Å². The van der Waals surface area contributed by atoms with E-state index in [2.05, 4.69) is 17.1 Å². The molecular formula is C17H14FNO2S. The predicted molar refractivity (Wildman–Crippen MR) is 84.3 cm³/mol. The lowest BCUT2D eigenvalue weighted by molar-refractivity contribution is 0.598. The Morgan fingerprint density at radius 2 is 1.55 bits per heavy atom. The molecule has 0 bridgehead atoms. The number of hydrogen-bond donors (Lipinski definition) is 0. The van der Waals surface area contributed by atoms with Crippen molar-refractivity contribution in [3.8, 4) is 0 Å². The number of nitrogens with zero attached hydrogens (tertiary/aromatic N) is 1. The topological polar surface area (TPSA) is 47.0 Å². The van der Waals surface area contributed by atoms with Crippen molar-refractivity contribution in [1.82, 2.24) is 4.98 Å². The lowest BCUT2D eigenvalue weighted by atomic mass is 9.96. The lowest BCUT2D eigenvalue weighted by Crippen LogP contribution is -2.00. The van der Waals surface area contributed by atoms with E-state index in [0.29, 0.717) is 0 Å². The third kappa shape index (κ3) is 2.85. The average Bonchev–Trinajstić information content (AvgIpc) is 2.97. The molecule has 0 unspecified atom stereocenters. The van der Waals surface area contributed by atoms with Crippen LogP contribution in [0.1, 0.15) is 17.5 Å². The minimum Gasteiger partial charge on any atom is -0.244 e. The van der Waals surface area contributed by atoms with Crippen molar-refractivity contribution in [2.75, 3.05) is 6.26 Å². The van der Waals surface area contributed by atoms with Crippen LogP contribution >= 0.6 is 0 Å². The van der Waals surface area contributed by atoms with Crippen molar-refractivity contribution in [2.24, 2.45) is 0 Å². The second-order valence-electron chi connectivity index (χ2n) is 5.14. The average molecular weight is 315 g/mol. The van der Waals surface area contributed by atoms with Crippen molar-refractivity contribution in [3.05, 3.63) is 71.7 Å². The Morgan fingerprint density at radius 3 is 2.09 bits per heavy atom. The second-order valence-corrected chi connectivity index (χ2v) is 7.10. The fourth-order valence-electron chi connectivity index (χ4n) is 2.45. The zero-order valence-corrected chi connectivity index (χ0v) is 12.8. The molecule has 0 fully saturated rings. The van der Waals surface area contributed by atoms with Gasteiger partial charge in [-0.25, -0.2) is 17.8 Å². The first-order valence-electron chi connectivity index (χ1n) is 6.78. The Balaban J connectivity index is 1.95. The molecule has 0 aliphatic heterocycles. The molecule has 0 spiro atoms. The first-order valence-corrected chi connectivity index (χ1v) is 8.67. The number of sulfone groups is 1. The van der Waals surface area contributed by atoms with E-state index in [4.69, 9.17) is 0 Å². The number of rotatable bonds is 3. The van der Waals surface area contributed by atoms with Gasteiger partial charge in [0, 0.05) is 18.0 Å². The van der Waals surface area contributed by atoms with E-state index < -0.39 is 9.84 Å². The molecule has 0 saturated heterocycles. The normalized spacial score (nSPS) is 14.6. The molecule has 0 atom stereocenters. The van der Waals surface area contributed by atoms with E-state index >= 15 is 0 Å². The van der Waals surface area contributed by atoms with Crippen LogP contribution in [0.3, 0.4) is 0 Å². The monoisotopic (exact) mass is 315 g/mol. The largest absolute Gasteiger partial charge is 0.244 e. The number of hydrogen-bond acceptors (Lipinski definition) is 3. The minimum atomic E-state index is -3.30. The fourth-order valence-corrected chi connectivity index (χ4v) is 3.01. The number of allylic oxidation sites excluding steroid dienone is 4. The van der Waals surface area contributed by atoms with Crippen molar-refractivity contribution < 1.29 is 12.8 Å². The maximum Gasteiger partial charge on any atom is 0.192 e. The van der Waals surface area contributed by atoms with Crippen LogP contribution < -0.4 is 0 Å². The van der Waals surface area contributed by atoms with Gasteiger partial charge >= 0.3 is 0 Å². The molecule has 1 aliphatic rings. The summed E-state index contributed by atoms with van der Waals surface area (Å²) in [5, 5.41) is 0.0576. The van der Waals surface area contributed by atoms with E-state index in [9.17, 15) is 12.8 Å². The maximum atomic E-state index is 13.0. The van der Waals surface area contributed by atoms with Crippen molar-refractivity contribution in [2.45, 2.75) is 11.4 Å². The van der Waals surface area contributed by atoms with Gasteiger partial charge < -0.3 is 0 Å². The Kier molecular flexibility index (Phi) is 3.66. The van der Waals surface area contributed by atoms with Crippen LogP contribution in [0.2, 0.25) is 0 Å². The standard InChI is InChI=1S/C17H14FNO2S/c1-22(20,21)17-10-7-13(11-19-17)16-4-2-3-15(16)12-5-8-14(18)9-6-12/h3-11H,2H2,1H3. The molecule has 1 aromatic carbocycles. The first-order chi connectivity index (χ1) is 10.4. The Morgan fingerprint density at radius 1 is 0.955 bits per heavy atom. The molecule has 1 aromatic heterocycles. The quantitative estimate of drug-likeness (QED) is 0.871. The Labute approximate surface area is 128 Å². The maximum absolute atomic E-state index is 13.0. The molecule has 1 heterocycles. The third-order valence-electron chi connectivity index (χ3n) is 3.52. The smallest absolute Gasteiger partial charge is 0.192 e. The van der Waals surface area contributed by atoms with Crippen LogP contribution in [0.25, 0.3) is 11.1 Å². The van der Waals surface area contributed by atoms with Gasteiger partial charge in [0.1, 0.15) is 5.82 Å². The molecule has 3 nitrogen and oxygen atoms in total. The van der Waals surface area contributed by atoms with Gasteiger partial charge in [-0.05, 0) is 47.4 Å².